The van der Waals surface area contributed by atoms with Crippen LogP contribution in [0, 0.1) is 6.92 Å². The maximum absolute atomic E-state index is 11.9. The number of carbonyl (C=O) groups is 2. The lowest BCUT2D eigenvalue weighted by Crippen LogP contribution is -2.07. The molecule has 0 radical (unpaired) electrons. The van der Waals surface area contributed by atoms with E-state index in [0.29, 0.717) is 20.7 Å². The minimum atomic E-state index is -0.484. The highest BCUT2D eigenvalue weighted by molar-refractivity contribution is 7.17. The molecule has 0 bridgehead atoms. The van der Waals surface area contributed by atoms with Gasteiger partial charge in [0.2, 0.25) is 5.91 Å². The van der Waals surface area contributed by atoms with Gasteiger partial charge in [0.15, 0.2) is 5.13 Å². The van der Waals surface area contributed by atoms with E-state index in [9.17, 15) is 9.59 Å². The topological polar surface area (TPSA) is 68.3 Å². The number of ether oxygens (including phenoxy) is 1. The summed E-state index contributed by atoms with van der Waals surface area (Å²) in [5.74, 6) is -0.827. The standard InChI is InChI=1S/C17H15ClN2O3S/c1-3-10-23-16(22)15-11(2)19-17(24-15)20-14(21)9-6-12-4-7-13(18)8-5-12/h3-9H,1,10H2,2H3,(H,19,20,21)/b9-6+. The third kappa shape index (κ3) is 5.04. The zero-order chi connectivity index (χ0) is 17.5. The van der Waals surface area contributed by atoms with Crippen LogP contribution in [0.3, 0.4) is 0 Å². The molecule has 0 atom stereocenters. The van der Waals surface area contributed by atoms with Crippen LogP contribution in [0.4, 0.5) is 5.13 Å². The number of aromatic nitrogens is 1. The fourth-order valence-corrected chi connectivity index (χ4v) is 2.72. The Labute approximate surface area is 148 Å². The third-order valence-electron chi connectivity index (χ3n) is 2.84. The minimum Gasteiger partial charge on any atom is -0.457 e. The minimum absolute atomic E-state index is 0.127. The highest BCUT2D eigenvalue weighted by Gasteiger charge is 2.17. The first-order chi connectivity index (χ1) is 11.5. The number of hydrogen-bond acceptors (Lipinski definition) is 5. The summed E-state index contributed by atoms with van der Waals surface area (Å²) in [5.41, 5.74) is 1.35. The average molecular weight is 363 g/mol. The normalized spacial score (nSPS) is 10.6. The number of benzene rings is 1. The number of nitrogens with zero attached hydrogens (tertiary/aromatic N) is 1. The fraction of sp³-hybridized carbons (Fsp3) is 0.118. The van der Waals surface area contributed by atoms with Crippen molar-refractivity contribution in [3.05, 3.63) is 64.2 Å². The van der Waals surface area contributed by atoms with Crippen molar-refractivity contribution in [3.63, 3.8) is 0 Å². The molecule has 1 aromatic carbocycles. The van der Waals surface area contributed by atoms with Gasteiger partial charge < -0.3 is 4.74 Å². The van der Waals surface area contributed by atoms with E-state index in [1.54, 1.807) is 37.3 Å². The summed E-state index contributed by atoms with van der Waals surface area (Å²) in [7, 11) is 0. The molecule has 0 spiro atoms. The van der Waals surface area contributed by atoms with Crippen LogP contribution in [0.2, 0.25) is 5.02 Å². The number of halogens is 1. The Kier molecular flexibility index (Phi) is 6.28. The number of nitrogens with one attached hydrogen (secondary N) is 1. The van der Waals surface area contributed by atoms with Crippen molar-refractivity contribution >= 4 is 46.0 Å². The predicted molar refractivity (Wildman–Crippen MR) is 96.4 cm³/mol. The Morgan fingerprint density at radius 2 is 2.08 bits per heavy atom. The highest BCUT2D eigenvalue weighted by atomic mass is 35.5. The van der Waals surface area contributed by atoms with E-state index >= 15 is 0 Å². The number of rotatable bonds is 6. The summed E-state index contributed by atoms with van der Waals surface area (Å²) in [6.45, 7) is 5.29. The molecule has 0 saturated heterocycles. The zero-order valence-electron chi connectivity index (χ0n) is 12.9. The molecule has 124 valence electrons. The number of amides is 1. The Hall–Kier alpha value is -2.44. The predicted octanol–water partition coefficient (Wildman–Crippen LogP) is 4.10. The van der Waals surface area contributed by atoms with Crippen LogP contribution in [0.5, 0.6) is 0 Å². The van der Waals surface area contributed by atoms with Crippen LogP contribution >= 0.6 is 22.9 Å². The molecule has 0 unspecified atom stereocenters. The molecular weight excluding hydrogens is 348 g/mol. The van der Waals surface area contributed by atoms with Crippen LogP contribution in [0.25, 0.3) is 6.08 Å². The third-order valence-corrected chi connectivity index (χ3v) is 4.15. The molecule has 0 aliphatic heterocycles. The van der Waals surface area contributed by atoms with Gasteiger partial charge >= 0.3 is 5.97 Å². The van der Waals surface area contributed by atoms with Gasteiger partial charge in [-0.2, -0.15) is 0 Å². The van der Waals surface area contributed by atoms with E-state index < -0.39 is 5.97 Å². The van der Waals surface area contributed by atoms with Crippen molar-refractivity contribution in [2.24, 2.45) is 0 Å². The number of hydrogen-bond donors (Lipinski definition) is 1. The lowest BCUT2D eigenvalue weighted by Gasteiger charge is -1.98. The molecule has 0 fully saturated rings. The number of aryl methyl sites for hydroxylation is 1. The Bertz CT molecular complexity index is 782. The van der Waals surface area contributed by atoms with E-state index in [2.05, 4.69) is 16.9 Å². The number of carbonyl (C=O) groups excluding carboxylic acids is 2. The van der Waals surface area contributed by atoms with E-state index in [1.165, 1.54) is 12.2 Å². The molecule has 2 rings (SSSR count). The van der Waals surface area contributed by atoms with Crippen LogP contribution in [0.1, 0.15) is 20.9 Å². The van der Waals surface area contributed by atoms with E-state index in [4.69, 9.17) is 16.3 Å². The SMILES string of the molecule is C=CCOC(=O)c1sc(NC(=O)/C=C/c2ccc(Cl)cc2)nc1C. The molecule has 1 heterocycles. The van der Waals surface area contributed by atoms with Gasteiger partial charge in [0, 0.05) is 11.1 Å². The fourth-order valence-electron chi connectivity index (χ4n) is 1.73. The second kappa shape index (κ2) is 8.42. The van der Waals surface area contributed by atoms with Gasteiger partial charge in [-0.3, -0.25) is 10.1 Å². The van der Waals surface area contributed by atoms with Gasteiger partial charge in [-0.1, -0.05) is 47.7 Å². The van der Waals surface area contributed by atoms with Gasteiger partial charge in [0.05, 0.1) is 5.69 Å². The summed E-state index contributed by atoms with van der Waals surface area (Å²) in [4.78, 5) is 28.3. The quantitative estimate of drug-likeness (QED) is 0.477. The van der Waals surface area contributed by atoms with E-state index in [1.807, 2.05) is 0 Å². The average Bonchev–Trinajstić information content (AvgIpc) is 2.92. The van der Waals surface area contributed by atoms with E-state index in [-0.39, 0.29) is 12.5 Å². The lowest BCUT2D eigenvalue weighted by molar-refractivity contribution is -0.111. The Morgan fingerprint density at radius 1 is 1.38 bits per heavy atom. The summed E-state index contributed by atoms with van der Waals surface area (Å²) in [6.07, 6.45) is 4.53. The van der Waals surface area contributed by atoms with Gasteiger partial charge in [-0.25, -0.2) is 9.78 Å². The molecule has 2 aromatic rings. The first-order valence-electron chi connectivity index (χ1n) is 6.99. The van der Waals surface area contributed by atoms with Crippen LogP contribution in [-0.2, 0) is 9.53 Å². The van der Waals surface area contributed by atoms with E-state index in [0.717, 1.165) is 16.9 Å². The largest absolute Gasteiger partial charge is 0.457 e. The van der Waals surface area contributed by atoms with Crippen molar-refractivity contribution in [3.8, 4) is 0 Å². The molecule has 5 nitrogen and oxygen atoms in total. The number of esters is 1. The Balaban J connectivity index is 2.00. The van der Waals surface area contributed by atoms with Gasteiger partial charge in [-0.05, 0) is 30.7 Å². The molecule has 1 amide bonds. The van der Waals surface area contributed by atoms with Gasteiger partial charge in [0.25, 0.3) is 0 Å². The van der Waals surface area contributed by atoms with Gasteiger partial charge in [0.1, 0.15) is 11.5 Å². The molecule has 0 saturated carbocycles. The molecular formula is C17H15ClN2O3S. The summed E-state index contributed by atoms with van der Waals surface area (Å²) in [6, 6.07) is 7.08. The molecule has 1 aromatic heterocycles. The maximum Gasteiger partial charge on any atom is 0.350 e. The van der Waals surface area contributed by atoms with Crippen molar-refractivity contribution < 1.29 is 14.3 Å². The number of anilines is 1. The summed E-state index contributed by atoms with van der Waals surface area (Å²) >= 11 is 6.87. The summed E-state index contributed by atoms with van der Waals surface area (Å²) < 4.78 is 4.97. The maximum atomic E-state index is 11.9. The van der Waals surface area contributed by atoms with Crippen LogP contribution in [-0.4, -0.2) is 23.5 Å². The van der Waals surface area contributed by atoms with Crippen molar-refractivity contribution in [2.45, 2.75) is 6.92 Å². The summed E-state index contributed by atoms with van der Waals surface area (Å²) in [5, 5.41) is 3.59. The smallest absolute Gasteiger partial charge is 0.350 e. The highest BCUT2D eigenvalue weighted by Crippen LogP contribution is 2.23. The number of thiazole rings is 1. The molecule has 0 aliphatic carbocycles. The first-order valence-corrected chi connectivity index (χ1v) is 8.19. The van der Waals surface area contributed by atoms with Crippen molar-refractivity contribution in [2.75, 3.05) is 11.9 Å². The second-order valence-electron chi connectivity index (χ2n) is 4.69. The second-order valence-corrected chi connectivity index (χ2v) is 6.13. The lowest BCUT2D eigenvalue weighted by atomic mass is 10.2. The molecule has 24 heavy (non-hydrogen) atoms. The van der Waals surface area contributed by atoms with Crippen molar-refractivity contribution in [1.82, 2.24) is 4.98 Å². The molecule has 1 N–H and O–H groups in total. The molecule has 7 heteroatoms. The first kappa shape index (κ1) is 17.9. The van der Waals surface area contributed by atoms with Crippen LogP contribution < -0.4 is 5.32 Å². The zero-order valence-corrected chi connectivity index (χ0v) is 14.5. The van der Waals surface area contributed by atoms with Crippen LogP contribution in [0.15, 0.2) is 43.0 Å². The molecule has 0 aliphatic rings. The van der Waals surface area contributed by atoms with Gasteiger partial charge in [-0.15, -0.1) is 0 Å². The van der Waals surface area contributed by atoms with Crippen molar-refractivity contribution in [1.29, 1.82) is 0 Å². The Morgan fingerprint density at radius 3 is 2.75 bits per heavy atom. The monoisotopic (exact) mass is 362 g/mol.